The van der Waals surface area contributed by atoms with E-state index in [1.807, 2.05) is 13.0 Å². The first-order chi connectivity index (χ1) is 10.1. The molecule has 1 aromatic rings. The summed E-state index contributed by atoms with van der Waals surface area (Å²) in [4.78, 5) is 23.4. The van der Waals surface area contributed by atoms with Crippen LogP contribution in [0.4, 0.5) is 0 Å². The maximum absolute atomic E-state index is 12.2. The number of hydrogen-bond acceptors (Lipinski definition) is 3. The quantitative estimate of drug-likeness (QED) is 0.844. The summed E-state index contributed by atoms with van der Waals surface area (Å²) in [6.07, 6.45) is 3.08. The molecule has 1 aliphatic rings. The Kier molecular flexibility index (Phi) is 5.20. The highest BCUT2D eigenvalue weighted by molar-refractivity contribution is 5.95. The van der Waals surface area contributed by atoms with E-state index in [1.165, 1.54) is 0 Å². The molecule has 0 unspecified atom stereocenters. The van der Waals surface area contributed by atoms with Crippen LogP contribution in [0.5, 0.6) is 5.75 Å². The number of carbonyl (C=O) groups is 2. The van der Waals surface area contributed by atoms with E-state index in [0.29, 0.717) is 30.8 Å². The molecule has 0 saturated heterocycles. The molecule has 0 spiro atoms. The Hall–Kier alpha value is -2.04. The number of carbonyl (C=O) groups excluding carboxylic acids is 1. The third-order valence-corrected chi connectivity index (χ3v) is 3.72. The van der Waals surface area contributed by atoms with Crippen LogP contribution in [-0.4, -0.2) is 29.6 Å². The predicted molar refractivity (Wildman–Crippen MR) is 78.5 cm³/mol. The van der Waals surface area contributed by atoms with Gasteiger partial charge in [-0.3, -0.25) is 9.59 Å². The zero-order valence-corrected chi connectivity index (χ0v) is 12.2. The van der Waals surface area contributed by atoms with E-state index in [9.17, 15) is 9.59 Å². The smallest absolute Gasteiger partial charge is 0.308 e. The van der Waals surface area contributed by atoms with Gasteiger partial charge in [0, 0.05) is 11.6 Å². The number of ether oxygens (including phenoxy) is 1. The van der Waals surface area contributed by atoms with Crippen molar-refractivity contribution in [3.05, 3.63) is 29.8 Å². The van der Waals surface area contributed by atoms with Crippen LogP contribution in [0.3, 0.4) is 0 Å². The molecular formula is C16H21NO4. The number of rotatable bonds is 6. The molecule has 0 aromatic heterocycles. The Bertz CT molecular complexity index is 515. The molecule has 5 nitrogen and oxygen atoms in total. The number of nitrogens with one attached hydrogen (secondary N) is 1. The Morgan fingerprint density at radius 1 is 1.38 bits per heavy atom. The maximum atomic E-state index is 12.2. The maximum Gasteiger partial charge on any atom is 0.308 e. The van der Waals surface area contributed by atoms with Crippen molar-refractivity contribution in [1.29, 1.82) is 0 Å². The highest BCUT2D eigenvalue weighted by Crippen LogP contribution is 2.26. The van der Waals surface area contributed by atoms with Gasteiger partial charge in [0.1, 0.15) is 5.75 Å². The van der Waals surface area contributed by atoms with Gasteiger partial charge in [-0.15, -0.1) is 0 Å². The number of amides is 1. The van der Waals surface area contributed by atoms with Gasteiger partial charge in [-0.1, -0.05) is 19.4 Å². The van der Waals surface area contributed by atoms with Crippen molar-refractivity contribution >= 4 is 11.9 Å². The molecule has 1 aliphatic carbocycles. The molecule has 0 heterocycles. The molecule has 2 atom stereocenters. The highest BCUT2D eigenvalue weighted by Gasteiger charge is 2.33. The lowest BCUT2D eigenvalue weighted by molar-refractivity contribution is -0.142. The minimum absolute atomic E-state index is 0.241. The van der Waals surface area contributed by atoms with Crippen molar-refractivity contribution in [2.75, 3.05) is 6.61 Å². The summed E-state index contributed by atoms with van der Waals surface area (Å²) in [7, 11) is 0. The summed E-state index contributed by atoms with van der Waals surface area (Å²) >= 11 is 0. The van der Waals surface area contributed by atoms with E-state index in [0.717, 1.165) is 12.8 Å². The lowest BCUT2D eigenvalue weighted by Gasteiger charge is -2.17. The van der Waals surface area contributed by atoms with Crippen LogP contribution >= 0.6 is 0 Å². The van der Waals surface area contributed by atoms with Gasteiger partial charge in [0.15, 0.2) is 0 Å². The van der Waals surface area contributed by atoms with Gasteiger partial charge in [0.05, 0.1) is 12.5 Å². The van der Waals surface area contributed by atoms with Gasteiger partial charge in [-0.05, 0) is 37.5 Å². The summed E-state index contributed by atoms with van der Waals surface area (Å²) in [6, 6.07) is 6.69. The van der Waals surface area contributed by atoms with E-state index < -0.39 is 11.9 Å². The van der Waals surface area contributed by atoms with E-state index >= 15 is 0 Å². The molecule has 0 bridgehead atoms. The number of carboxylic acid groups (broad SMARTS) is 1. The van der Waals surface area contributed by atoms with E-state index in [-0.39, 0.29) is 11.9 Å². The third kappa shape index (κ3) is 3.97. The van der Waals surface area contributed by atoms with Crippen molar-refractivity contribution in [3.8, 4) is 5.75 Å². The largest absolute Gasteiger partial charge is 0.494 e. The van der Waals surface area contributed by atoms with Gasteiger partial charge in [0.2, 0.25) is 0 Å². The molecule has 0 aliphatic heterocycles. The fourth-order valence-corrected chi connectivity index (χ4v) is 2.63. The number of aliphatic carboxylic acids is 1. The molecule has 1 aromatic carbocycles. The number of benzene rings is 1. The number of carboxylic acids is 1. The summed E-state index contributed by atoms with van der Waals surface area (Å²) in [5.74, 6) is -0.896. The molecule has 5 heteroatoms. The van der Waals surface area contributed by atoms with Crippen molar-refractivity contribution in [1.82, 2.24) is 5.32 Å². The van der Waals surface area contributed by atoms with Crippen molar-refractivity contribution in [2.45, 2.75) is 38.6 Å². The van der Waals surface area contributed by atoms with Gasteiger partial charge in [-0.2, -0.15) is 0 Å². The third-order valence-electron chi connectivity index (χ3n) is 3.72. The fraction of sp³-hybridized carbons (Fsp3) is 0.500. The SMILES string of the molecule is CCCOc1cccc(C(=O)N[C@@H]2CCC[C@@H]2C(=O)O)c1. The van der Waals surface area contributed by atoms with Crippen LogP contribution in [0, 0.1) is 5.92 Å². The first-order valence-corrected chi connectivity index (χ1v) is 7.38. The Morgan fingerprint density at radius 3 is 2.90 bits per heavy atom. The topological polar surface area (TPSA) is 75.6 Å². The molecule has 1 saturated carbocycles. The standard InChI is InChI=1S/C16H21NO4/c1-2-9-21-12-6-3-5-11(10-12)15(18)17-14-8-4-7-13(14)16(19)20/h3,5-6,10,13-14H,2,4,7-9H2,1H3,(H,17,18)(H,19,20)/t13-,14+/m0/s1. The van der Waals surface area contributed by atoms with Gasteiger partial charge in [-0.25, -0.2) is 0 Å². The molecule has 2 rings (SSSR count). The molecule has 0 radical (unpaired) electrons. The monoisotopic (exact) mass is 291 g/mol. The van der Waals surface area contributed by atoms with Crippen molar-refractivity contribution in [2.24, 2.45) is 5.92 Å². The van der Waals surface area contributed by atoms with Crippen LogP contribution in [-0.2, 0) is 4.79 Å². The average Bonchev–Trinajstić information content (AvgIpc) is 2.93. The minimum atomic E-state index is -0.835. The second-order valence-electron chi connectivity index (χ2n) is 5.33. The molecule has 1 fully saturated rings. The zero-order chi connectivity index (χ0) is 15.2. The van der Waals surface area contributed by atoms with E-state index in [2.05, 4.69) is 5.32 Å². The molecule has 21 heavy (non-hydrogen) atoms. The summed E-state index contributed by atoms with van der Waals surface area (Å²) in [6.45, 7) is 2.62. The number of hydrogen-bond donors (Lipinski definition) is 2. The van der Waals surface area contributed by atoms with Crippen LogP contribution in [0.2, 0.25) is 0 Å². The van der Waals surface area contributed by atoms with Crippen LogP contribution in [0.25, 0.3) is 0 Å². The van der Waals surface area contributed by atoms with Crippen LogP contribution in [0.1, 0.15) is 43.0 Å². The average molecular weight is 291 g/mol. The van der Waals surface area contributed by atoms with Crippen LogP contribution in [0.15, 0.2) is 24.3 Å². The molecule has 1 amide bonds. The second-order valence-corrected chi connectivity index (χ2v) is 5.33. The molecule has 114 valence electrons. The highest BCUT2D eigenvalue weighted by atomic mass is 16.5. The first-order valence-electron chi connectivity index (χ1n) is 7.38. The second kappa shape index (κ2) is 7.11. The summed E-state index contributed by atoms with van der Waals surface area (Å²) in [5.41, 5.74) is 0.500. The van der Waals surface area contributed by atoms with E-state index in [4.69, 9.17) is 9.84 Å². The molecule has 2 N–H and O–H groups in total. The fourth-order valence-electron chi connectivity index (χ4n) is 2.63. The predicted octanol–water partition coefficient (Wildman–Crippen LogP) is 2.46. The minimum Gasteiger partial charge on any atom is -0.494 e. The Balaban J connectivity index is 2.01. The van der Waals surface area contributed by atoms with Crippen LogP contribution < -0.4 is 10.1 Å². The summed E-state index contributed by atoms with van der Waals surface area (Å²) < 4.78 is 5.50. The normalized spacial score (nSPS) is 21.0. The van der Waals surface area contributed by atoms with E-state index in [1.54, 1.807) is 18.2 Å². The first kappa shape index (κ1) is 15.4. The Morgan fingerprint density at radius 2 is 2.19 bits per heavy atom. The van der Waals surface area contributed by atoms with Gasteiger partial charge >= 0.3 is 5.97 Å². The van der Waals surface area contributed by atoms with Gasteiger partial charge < -0.3 is 15.2 Å². The lowest BCUT2D eigenvalue weighted by Crippen LogP contribution is -2.40. The van der Waals surface area contributed by atoms with Gasteiger partial charge in [0.25, 0.3) is 5.91 Å². The van der Waals surface area contributed by atoms with Crippen molar-refractivity contribution in [3.63, 3.8) is 0 Å². The zero-order valence-electron chi connectivity index (χ0n) is 12.2. The lowest BCUT2D eigenvalue weighted by atomic mass is 10.0. The van der Waals surface area contributed by atoms with Crippen molar-refractivity contribution < 1.29 is 19.4 Å². The summed E-state index contributed by atoms with van der Waals surface area (Å²) in [5, 5.41) is 12.0. The Labute approximate surface area is 124 Å². The molecular weight excluding hydrogens is 270 g/mol.